The van der Waals surface area contributed by atoms with Gasteiger partial charge in [-0.15, -0.1) is 0 Å². The molecule has 2 aromatic carbocycles. The molecule has 0 saturated heterocycles. The molecule has 3 aromatic rings. The Morgan fingerprint density at radius 2 is 1.83 bits per heavy atom. The third kappa shape index (κ3) is 4.68. The number of amides is 1. The number of hydrogen-bond donors (Lipinski definition) is 1. The van der Waals surface area contributed by atoms with Crippen molar-refractivity contribution < 1.29 is 23.5 Å². The maximum absolute atomic E-state index is 12.4. The lowest BCUT2D eigenvalue weighted by molar-refractivity contribution is -0.119. The lowest BCUT2D eigenvalue weighted by atomic mass is 10.1. The smallest absolute Gasteiger partial charge is 0.375 e. The fraction of sp³-hybridized carbons (Fsp3) is 0.273. The van der Waals surface area contributed by atoms with E-state index in [1.54, 1.807) is 31.2 Å². The molecule has 1 N–H and O–H groups in total. The van der Waals surface area contributed by atoms with E-state index in [0.29, 0.717) is 29.2 Å². The second kappa shape index (κ2) is 8.68. The molecule has 0 unspecified atom stereocenters. The number of benzene rings is 2. The number of furan rings is 1. The van der Waals surface area contributed by atoms with Crippen molar-refractivity contribution in [2.75, 3.05) is 37.5 Å². The van der Waals surface area contributed by atoms with Crippen LogP contribution in [0.15, 0.2) is 46.9 Å². The number of anilines is 2. The fourth-order valence-electron chi connectivity index (χ4n) is 2.89. The molecule has 0 atom stereocenters. The summed E-state index contributed by atoms with van der Waals surface area (Å²) in [5, 5.41) is 3.47. The molecule has 0 aliphatic carbocycles. The molecule has 3 rings (SSSR count). The van der Waals surface area contributed by atoms with Crippen molar-refractivity contribution in [1.29, 1.82) is 0 Å². The molecule has 0 radical (unpaired) electrons. The second-order valence-corrected chi connectivity index (χ2v) is 6.71. The molecule has 0 aliphatic rings. The average Bonchev–Trinajstić information content (AvgIpc) is 3.03. The zero-order chi connectivity index (χ0) is 21.0. The SMILES string of the molecule is CCOc1ccc2oc(C(=O)OCC(=O)Nc3ccc(N(C)C)cc3)c(C)c2c1. The van der Waals surface area contributed by atoms with Crippen LogP contribution in [0.2, 0.25) is 0 Å². The molecule has 7 heteroatoms. The minimum absolute atomic E-state index is 0.0804. The highest BCUT2D eigenvalue weighted by molar-refractivity contribution is 5.98. The standard InChI is InChI=1S/C22H24N2O5/c1-5-27-17-10-11-19-18(12-17)14(2)21(29-19)22(26)28-13-20(25)23-15-6-8-16(9-7-15)24(3)4/h6-12H,5,13H2,1-4H3,(H,23,25). The predicted molar refractivity (Wildman–Crippen MR) is 112 cm³/mol. The Balaban J connectivity index is 1.62. The number of esters is 1. The van der Waals surface area contributed by atoms with Gasteiger partial charge in [0.15, 0.2) is 6.61 Å². The van der Waals surface area contributed by atoms with Gasteiger partial charge in [-0.25, -0.2) is 4.79 Å². The van der Waals surface area contributed by atoms with E-state index >= 15 is 0 Å². The van der Waals surface area contributed by atoms with Crippen LogP contribution >= 0.6 is 0 Å². The monoisotopic (exact) mass is 396 g/mol. The van der Waals surface area contributed by atoms with Gasteiger partial charge in [-0.3, -0.25) is 4.79 Å². The lowest BCUT2D eigenvalue weighted by Crippen LogP contribution is -2.21. The molecule has 1 heterocycles. The Morgan fingerprint density at radius 3 is 2.48 bits per heavy atom. The van der Waals surface area contributed by atoms with E-state index in [1.807, 2.05) is 44.1 Å². The summed E-state index contributed by atoms with van der Waals surface area (Å²) in [6.07, 6.45) is 0. The molecule has 1 amide bonds. The van der Waals surface area contributed by atoms with Crippen molar-refractivity contribution >= 4 is 34.2 Å². The largest absolute Gasteiger partial charge is 0.494 e. The Morgan fingerprint density at radius 1 is 1.10 bits per heavy atom. The van der Waals surface area contributed by atoms with Gasteiger partial charge in [0.2, 0.25) is 5.76 Å². The van der Waals surface area contributed by atoms with Gasteiger partial charge in [-0.05, 0) is 56.3 Å². The highest BCUT2D eigenvalue weighted by atomic mass is 16.5. The van der Waals surface area contributed by atoms with Crippen molar-refractivity contribution in [2.45, 2.75) is 13.8 Å². The van der Waals surface area contributed by atoms with Crippen LogP contribution in [0.3, 0.4) is 0 Å². The molecule has 7 nitrogen and oxygen atoms in total. The van der Waals surface area contributed by atoms with Crippen LogP contribution in [-0.4, -0.2) is 39.2 Å². The van der Waals surface area contributed by atoms with Crippen LogP contribution in [0.4, 0.5) is 11.4 Å². The van der Waals surface area contributed by atoms with E-state index in [0.717, 1.165) is 11.1 Å². The summed E-state index contributed by atoms with van der Waals surface area (Å²) in [5.41, 5.74) is 2.84. The van der Waals surface area contributed by atoms with Crippen molar-refractivity contribution in [3.8, 4) is 5.75 Å². The Bertz CT molecular complexity index is 1020. The molecule has 0 bridgehead atoms. The van der Waals surface area contributed by atoms with E-state index in [-0.39, 0.29) is 5.76 Å². The van der Waals surface area contributed by atoms with Gasteiger partial charge >= 0.3 is 5.97 Å². The van der Waals surface area contributed by atoms with Crippen molar-refractivity contribution in [2.24, 2.45) is 0 Å². The average molecular weight is 396 g/mol. The van der Waals surface area contributed by atoms with Crippen molar-refractivity contribution in [1.82, 2.24) is 0 Å². The minimum atomic E-state index is -0.685. The molecular weight excluding hydrogens is 372 g/mol. The van der Waals surface area contributed by atoms with Gasteiger partial charge in [-0.2, -0.15) is 0 Å². The molecule has 0 saturated carbocycles. The number of carbonyl (C=O) groups excluding carboxylic acids is 2. The first-order valence-electron chi connectivity index (χ1n) is 9.29. The van der Waals surface area contributed by atoms with E-state index in [1.165, 1.54) is 0 Å². The number of hydrogen-bond acceptors (Lipinski definition) is 6. The molecule has 152 valence electrons. The molecule has 0 fully saturated rings. The number of nitrogens with zero attached hydrogens (tertiary/aromatic N) is 1. The van der Waals surface area contributed by atoms with Gasteiger partial charge in [0.25, 0.3) is 5.91 Å². The number of nitrogens with one attached hydrogen (secondary N) is 1. The van der Waals surface area contributed by atoms with Gasteiger partial charge in [0, 0.05) is 36.4 Å². The zero-order valence-corrected chi connectivity index (χ0v) is 16.9. The first kappa shape index (κ1) is 20.3. The molecule has 0 aliphatic heterocycles. The maximum atomic E-state index is 12.4. The van der Waals surface area contributed by atoms with E-state index < -0.39 is 18.5 Å². The first-order valence-corrected chi connectivity index (χ1v) is 9.29. The topological polar surface area (TPSA) is 81.0 Å². The summed E-state index contributed by atoms with van der Waals surface area (Å²) in [6.45, 7) is 3.81. The molecular formula is C22H24N2O5. The van der Waals surface area contributed by atoms with Crippen LogP contribution < -0.4 is 15.0 Å². The third-order valence-electron chi connectivity index (χ3n) is 4.41. The normalized spacial score (nSPS) is 10.6. The summed E-state index contributed by atoms with van der Waals surface area (Å²) >= 11 is 0. The number of aryl methyl sites for hydroxylation is 1. The Kier molecular flexibility index (Phi) is 6.07. The van der Waals surface area contributed by atoms with Gasteiger partial charge < -0.3 is 24.1 Å². The highest BCUT2D eigenvalue weighted by Crippen LogP contribution is 2.29. The summed E-state index contributed by atoms with van der Waals surface area (Å²) in [4.78, 5) is 26.4. The molecule has 0 spiro atoms. The number of carbonyl (C=O) groups is 2. The third-order valence-corrected chi connectivity index (χ3v) is 4.41. The van der Waals surface area contributed by atoms with Crippen LogP contribution in [-0.2, 0) is 9.53 Å². The summed E-state index contributed by atoms with van der Waals surface area (Å²) < 4.78 is 16.2. The van der Waals surface area contributed by atoms with Gasteiger partial charge in [0.05, 0.1) is 6.61 Å². The molecule has 29 heavy (non-hydrogen) atoms. The summed E-state index contributed by atoms with van der Waals surface area (Å²) in [7, 11) is 3.87. The van der Waals surface area contributed by atoms with Crippen LogP contribution in [0.5, 0.6) is 5.75 Å². The molecule has 1 aromatic heterocycles. The van der Waals surface area contributed by atoms with Gasteiger partial charge in [-0.1, -0.05) is 0 Å². The van der Waals surface area contributed by atoms with Gasteiger partial charge in [0.1, 0.15) is 11.3 Å². The summed E-state index contributed by atoms with van der Waals surface area (Å²) in [5.74, 6) is -0.335. The number of rotatable bonds is 7. The second-order valence-electron chi connectivity index (χ2n) is 6.71. The van der Waals surface area contributed by atoms with Crippen molar-refractivity contribution in [3.63, 3.8) is 0 Å². The van der Waals surface area contributed by atoms with Crippen molar-refractivity contribution in [3.05, 3.63) is 53.8 Å². The number of ether oxygens (including phenoxy) is 2. The Hall–Kier alpha value is -3.48. The fourth-order valence-corrected chi connectivity index (χ4v) is 2.89. The maximum Gasteiger partial charge on any atom is 0.375 e. The van der Waals surface area contributed by atoms with Crippen LogP contribution in [0, 0.1) is 6.92 Å². The number of fused-ring (bicyclic) bond motifs is 1. The minimum Gasteiger partial charge on any atom is -0.494 e. The van der Waals surface area contributed by atoms with E-state index in [4.69, 9.17) is 13.9 Å². The quantitative estimate of drug-likeness (QED) is 0.608. The Labute approximate surface area is 169 Å². The van der Waals surface area contributed by atoms with Crippen LogP contribution in [0.1, 0.15) is 23.0 Å². The van der Waals surface area contributed by atoms with Crippen LogP contribution in [0.25, 0.3) is 11.0 Å². The highest BCUT2D eigenvalue weighted by Gasteiger charge is 2.20. The summed E-state index contributed by atoms with van der Waals surface area (Å²) in [6, 6.07) is 12.7. The van der Waals surface area contributed by atoms with E-state index in [9.17, 15) is 9.59 Å². The zero-order valence-electron chi connectivity index (χ0n) is 16.9. The van der Waals surface area contributed by atoms with E-state index in [2.05, 4.69) is 5.32 Å². The lowest BCUT2D eigenvalue weighted by Gasteiger charge is -2.13. The predicted octanol–water partition coefficient (Wildman–Crippen LogP) is 4.00. The first-order chi connectivity index (χ1) is 13.9.